The maximum Gasteiger partial charge on any atom is 0.322 e. The number of nitrogens with zero attached hydrogens (tertiary/aromatic N) is 3. The minimum atomic E-state index is -0.611. The van der Waals surface area contributed by atoms with Crippen LogP contribution in [-0.2, 0) is 4.79 Å². The summed E-state index contributed by atoms with van der Waals surface area (Å²) in [6.45, 7) is 0. The molecule has 36 heavy (non-hydrogen) atoms. The van der Waals surface area contributed by atoms with Crippen molar-refractivity contribution in [2.45, 2.75) is 31.2 Å². The number of nitrogens with two attached hydrogens (primary N) is 1. The third kappa shape index (κ3) is 4.06. The van der Waals surface area contributed by atoms with Crippen molar-refractivity contribution in [3.63, 3.8) is 0 Å². The van der Waals surface area contributed by atoms with Gasteiger partial charge in [0, 0.05) is 48.2 Å². The van der Waals surface area contributed by atoms with E-state index in [2.05, 4.69) is 20.6 Å². The number of benzene rings is 1. The number of urea groups is 1. The highest BCUT2D eigenvalue weighted by Gasteiger charge is 2.48. The van der Waals surface area contributed by atoms with E-state index >= 15 is 0 Å². The van der Waals surface area contributed by atoms with Crippen LogP contribution in [0.1, 0.15) is 25.7 Å². The van der Waals surface area contributed by atoms with Crippen LogP contribution in [0.25, 0.3) is 21.9 Å². The summed E-state index contributed by atoms with van der Waals surface area (Å²) in [7, 11) is 1.74. The number of thiocarbonyl (C=S) groups is 1. The maximum absolute atomic E-state index is 15.0. The molecule has 1 aromatic carbocycles. The molecule has 2 fully saturated rings. The minimum absolute atomic E-state index is 0.0613. The molecule has 8 nitrogen and oxygen atoms in total. The van der Waals surface area contributed by atoms with Gasteiger partial charge in [-0.2, -0.15) is 0 Å². The molecular formula is C25H22ClFN6O2S. The third-order valence-corrected chi connectivity index (χ3v) is 7.76. The number of pyridine rings is 2. The van der Waals surface area contributed by atoms with E-state index in [4.69, 9.17) is 29.6 Å². The standard InChI is InChI=1S/C25H22ClFN6O2S/c1-33-24(35)32-23(36)25(33)5-2-13(3-6-25)8-20(34)31-19-10-14-9-15(17-11-29-7-4-18(17)26)21(27)22(28)16(14)12-30-19/h4,7-12H,2-3,5-6,28H2,1H3,(H,30,31,34)(H,32,35,36). The first-order valence-corrected chi connectivity index (χ1v) is 12.1. The van der Waals surface area contributed by atoms with Gasteiger partial charge in [0.15, 0.2) is 5.82 Å². The quantitative estimate of drug-likeness (QED) is 0.257. The second kappa shape index (κ2) is 9.11. The number of aromatic nitrogens is 2. The average molecular weight is 525 g/mol. The Morgan fingerprint density at radius 1 is 1.31 bits per heavy atom. The van der Waals surface area contributed by atoms with Crippen molar-refractivity contribution in [1.29, 1.82) is 0 Å². The summed E-state index contributed by atoms with van der Waals surface area (Å²) in [4.78, 5) is 35.2. The first kappa shape index (κ1) is 24.1. The molecule has 0 bridgehead atoms. The van der Waals surface area contributed by atoms with E-state index in [0.29, 0.717) is 57.8 Å². The Morgan fingerprint density at radius 2 is 2.06 bits per heavy atom. The number of hydrogen-bond donors (Lipinski definition) is 3. The van der Waals surface area contributed by atoms with Gasteiger partial charge in [0.2, 0.25) is 5.91 Å². The van der Waals surface area contributed by atoms with Gasteiger partial charge < -0.3 is 16.0 Å². The van der Waals surface area contributed by atoms with Gasteiger partial charge in [0.1, 0.15) is 10.8 Å². The second-order valence-corrected chi connectivity index (χ2v) is 9.76. The lowest BCUT2D eigenvalue weighted by Gasteiger charge is -2.38. The predicted octanol–water partition coefficient (Wildman–Crippen LogP) is 4.83. The number of carbonyl (C=O) groups excluding carboxylic acids is 2. The second-order valence-electron chi connectivity index (χ2n) is 8.94. The number of hydrogen-bond acceptors (Lipinski definition) is 6. The lowest BCUT2D eigenvalue weighted by atomic mass is 9.79. The fourth-order valence-corrected chi connectivity index (χ4v) is 5.46. The number of anilines is 2. The van der Waals surface area contributed by atoms with Gasteiger partial charge in [0.05, 0.1) is 16.2 Å². The predicted molar refractivity (Wildman–Crippen MR) is 141 cm³/mol. The van der Waals surface area contributed by atoms with Crippen molar-refractivity contribution in [3.8, 4) is 11.1 Å². The van der Waals surface area contributed by atoms with Crippen molar-refractivity contribution in [1.82, 2.24) is 20.2 Å². The van der Waals surface area contributed by atoms with Gasteiger partial charge in [-0.1, -0.05) is 29.4 Å². The molecular weight excluding hydrogens is 503 g/mol. The van der Waals surface area contributed by atoms with Crippen LogP contribution in [0.5, 0.6) is 0 Å². The molecule has 3 heterocycles. The molecule has 2 aliphatic rings. The fraction of sp³-hybridized carbons (Fsp3) is 0.240. The lowest BCUT2D eigenvalue weighted by Crippen LogP contribution is -2.48. The maximum atomic E-state index is 15.0. The van der Waals surface area contributed by atoms with Crippen LogP contribution in [-0.4, -0.2) is 44.4 Å². The molecule has 11 heteroatoms. The zero-order valence-electron chi connectivity index (χ0n) is 19.3. The molecule has 0 unspecified atom stereocenters. The van der Waals surface area contributed by atoms with Gasteiger partial charge in [0.25, 0.3) is 0 Å². The summed E-state index contributed by atoms with van der Waals surface area (Å²) < 4.78 is 15.0. The molecule has 1 aliphatic carbocycles. The molecule has 3 aromatic rings. The molecule has 1 saturated carbocycles. The zero-order chi connectivity index (χ0) is 25.6. The van der Waals surface area contributed by atoms with Crippen LogP contribution in [0.2, 0.25) is 5.02 Å². The number of halogens is 2. The van der Waals surface area contributed by atoms with Crippen LogP contribution in [0.15, 0.2) is 48.4 Å². The van der Waals surface area contributed by atoms with Crippen LogP contribution >= 0.6 is 23.8 Å². The zero-order valence-corrected chi connectivity index (χ0v) is 20.8. The fourth-order valence-electron chi connectivity index (χ4n) is 4.82. The smallest absolute Gasteiger partial charge is 0.322 e. The summed E-state index contributed by atoms with van der Waals surface area (Å²) >= 11 is 11.6. The summed E-state index contributed by atoms with van der Waals surface area (Å²) in [5.74, 6) is -0.632. The van der Waals surface area contributed by atoms with Gasteiger partial charge in [-0.15, -0.1) is 0 Å². The summed E-state index contributed by atoms with van der Waals surface area (Å²) in [6, 6.07) is 4.62. The van der Waals surface area contributed by atoms with Crippen LogP contribution in [0, 0.1) is 5.82 Å². The number of fused-ring (bicyclic) bond motifs is 1. The van der Waals surface area contributed by atoms with Crippen LogP contribution < -0.4 is 16.4 Å². The molecule has 3 amide bonds. The topological polar surface area (TPSA) is 113 Å². The largest absolute Gasteiger partial charge is 0.396 e. The highest BCUT2D eigenvalue weighted by molar-refractivity contribution is 7.80. The Labute approximate surface area is 216 Å². The van der Waals surface area contributed by atoms with Crippen LogP contribution in [0.3, 0.4) is 0 Å². The molecule has 2 aromatic heterocycles. The Kier molecular flexibility index (Phi) is 6.09. The van der Waals surface area contributed by atoms with Gasteiger partial charge >= 0.3 is 6.03 Å². The van der Waals surface area contributed by atoms with Crippen molar-refractivity contribution in [2.24, 2.45) is 0 Å². The van der Waals surface area contributed by atoms with E-state index in [0.717, 1.165) is 5.57 Å². The summed E-state index contributed by atoms with van der Waals surface area (Å²) in [6.07, 6.45) is 8.56. The van der Waals surface area contributed by atoms with Crippen LogP contribution in [0.4, 0.5) is 20.7 Å². The van der Waals surface area contributed by atoms with E-state index in [-0.39, 0.29) is 23.2 Å². The van der Waals surface area contributed by atoms with E-state index in [1.807, 2.05) is 0 Å². The molecule has 4 N–H and O–H groups in total. The highest BCUT2D eigenvalue weighted by Crippen LogP contribution is 2.39. The Hall–Kier alpha value is -3.63. The van der Waals surface area contributed by atoms with Crippen molar-refractivity contribution < 1.29 is 14.0 Å². The lowest BCUT2D eigenvalue weighted by molar-refractivity contribution is -0.112. The first-order valence-electron chi connectivity index (χ1n) is 11.3. The average Bonchev–Trinajstić information content (AvgIpc) is 3.06. The van der Waals surface area contributed by atoms with Gasteiger partial charge in [-0.25, -0.2) is 14.2 Å². The number of rotatable bonds is 3. The van der Waals surface area contributed by atoms with E-state index in [1.54, 1.807) is 36.2 Å². The summed E-state index contributed by atoms with van der Waals surface area (Å²) in [5, 5.41) is 6.85. The van der Waals surface area contributed by atoms with E-state index in [9.17, 15) is 14.0 Å². The van der Waals surface area contributed by atoms with Crippen molar-refractivity contribution in [2.75, 3.05) is 18.1 Å². The number of carbonyl (C=O) groups is 2. The number of likely N-dealkylation sites (N-methyl/N-ethyl adjacent to an activating group) is 1. The van der Waals surface area contributed by atoms with E-state index in [1.165, 1.54) is 18.6 Å². The normalized spacial score (nSPS) is 19.6. The Balaban J connectivity index is 1.35. The molecule has 184 valence electrons. The Morgan fingerprint density at radius 3 is 2.72 bits per heavy atom. The number of nitrogens with one attached hydrogen (secondary N) is 2. The molecule has 1 aliphatic heterocycles. The summed E-state index contributed by atoms with van der Waals surface area (Å²) in [5.41, 5.74) is 7.09. The van der Waals surface area contributed by atoms with Gasteiger partial charge in [-0.05, 0) is 49.3 Å². The SMILES string of the molecule is CN1C(=O)NC(=S)C12CCC(=CC(=O)Nc1cc3cc(-c4cnccc4Cl)c(F)c(N)c3cn1)CC2. The number of allylic oxidation sites excluding steroid dienone is 1. The molecule has 1 saturated heterocycles. The molecule has 0 atom stereocenters. The monoisotopic (exact) mass is 524 g/mol. The van der Waals surface area contributed by atoms with E-state index < -0.39 is 11.4 Å². The molecule has 5 rings (SSSR count). The Bertz CT molecular complexity index is 1470. The van der Waals surface area contributed by atoms with Crippen molar-refractivity contribution in [3.05, 3.63) is 59.3 Å². The molecule has 0 radical (unpaired) electrons. The third-order valence-electron chi connectivity index (χ3n) is 6.95. The highest BCUT2D eigenvalue weighted by atomic mass is 35.5. The number of amides is 3. The minimum Gasteiger partial charge on any atom is -0.396 e. The molecule has 1 spiro atoms. The van der Waals surface area contributed by atoms with Crippen molar-refractivity contribution >= 4 is 63.0 Å². The first-order chi connectivity index (χ1) is 17.2. The number of nitrogen functional groups attached to an aromatic ring is 1. The van der Waals surface area contributed by atoms with Gasteiger partial charge in [-0.3, -0.25) is 15.1 Å².